The first kappa shape index (κ1) is 19.8. The Morgan fingerprint density at radius 2 is 1.83 bits per heavy atom. The molecule has 1 aliphatic carbocycles. The second-order valence-electron chi connectivity index (χ2n) is 5.62. The summed E-state index contributed by atoms with van der Waals surface area (Å²) in [6, 6.07) is 9.43. The highest BCUT2D eigenvalue weighted by atomic mass is 35.5. The van der Waals surface area contributed by atoms with Gasteiger partial charge in [-0.15, -0.1) is 24.8 Å². The maximum Gasteiger partial charge on any atom is 0.138 e. The molecule has 0 saturated heterocycles. The third-order valence-electron chi connectivity index (χ3n) is 3.97. The van der Waals surface area contributed by atoms with Crippen molar-refractivity contribution in [1.29, 1.82) is 0 Å². The van der Waals surface area contributed by atoms with Gasteiger partial charge in [0.05, 0.1) is 12.8 Å². The van der Waals surface area contributed by atoms with Gasteiger partial charge in [-0.25, -0.2) is 4.98 Å². The van der Waals surface area contributed by atoms with Gasteiger partial charge in [0.2, 0.25) is 0 Å². The van der Waals surface area contributed by atoms with Crippen LogP contribution in [0.25, 0.3) is 11.1 Å². The molecule has 0 unspecified atom stereocenters. The topological polar surface area (TPSA) is 74.2 Å². The first-order chi connectivity index (χ1) is 10.1. The van der Waals surface area contributed by atoms with Crippen LogP contribution < -0.4 is 16.2 Å². The third kappa shape index (κ3) is 4.64. The molecule has 0 spiro atoms. The summed E-state index contributed by atoms with van der Waals surface area (Å²) in [4.78, 5) is 4.20. The van der Waals surface area contributed by atoms with Crippen molar-refractivity contribution >= 4 is 42.1 Å². The van der Waals surface area contributed by atoms with Crippen molar-refractivity contribution in [3.8, 4) is 16.9 Å². The maximum atomic E-state index is 6.18. The normalized spacial score (nSPS) is 14.3. The highest BCUT2D eigenvalue weighted by Gasteiger charge is 2.42. The van der Waals surface area contributed by atoms with Crippen molar-refractivity contribution in [2.45, 2.75) is 12.8 Å². The molecule has 0 aliphatic heterocycles. The molecule has 126 valence electrons. The minimum absolute atomic E-state index is 0. The Morgan fingerprint density at radius 1 is 1.17 bits per heavy atom. The Morgan fingerprint density at radius 3 is 2.39 bits per heavy atom. The van der Waals surface area contributed by atoms with Crippen LogP contribution >= 0.6 is 36.4 Å². The predicted molar refractivity (Wildman–Crippen MR) is 99.8 cm³/mol. The van der Waals surface area contributed by atoms with Crippen LogP contribution in [-0.2, 0) is 0 Å². The number of nitrogens with zero attached hydrogens (tertiary/aromatic N) is 1. The van der Waals surface area contributed by atoms with E-state index in [4.69, 9.17) is 27.8 Å². The molecule has 0 bridgehead atoms. The third-order valence-corrected chi connectivity index (χ3v) is 4.27. The van der Waals surface area contributed by atoms with Gasteiger partial charge in [0.1, 0.15) is 10.9 Å². The van der Waals surface area contributed by atoms with Gasteiger partial charge in [0, 0.05) is 23.2 Å². The van der Waals surface area contributed by atoms with Gasteiger partial charge in [-0.05, 0) is 36.6 Å². The second kappa shape index (κ2) is 8.06. The summed E-state index contributed by atoms with van der Waals surface area (Å²) < 4.78 is 5.84. The summed E-state index contributed by atoms with van der Waals surface area (Å²) in [6.07, 6.45) is 3.92. The number of nitrogens with two attached hydrogens (primary N) is 2. The average Bonchev–Trinajstić information content (AvgIpc) is 3.28. The fourth-order valence-electron chi connectivity index (χ4n) is 2.19. The Hall–Kier alpha value is -1.20. The molecule has 0 radical (unpaired) electrons. The van der Waals surface area contributed by atoms with E-state index in [1.54, 1.807) is 6.20 Å². The quantitative estimate of drug-likeness (QED) is 0.612. The van der Waals surface area contributed by atoms with Crippen molar-refractivity contribution < 1.29 is 4.74 Å². The van der Waals surface area contributed by atoms with E-state index in [2.05, 4.69) is 4.98 Å². The first-order valence-electron chi connectivity index (χ1n) is 6.96. The van der Waals surface area contributed by atoms with Crippen LogP contribution in [0.3, 0.4) is 0 Å². The summed E-state index contributed by atoms with van der Waals surface area (Å²) in [5, 5.41) is 0.451. The van der Waals surface area contributed by atoms with E-state index in [1.165, 1.54) is 0 Å². The number of ether oxygens (including phenoxy) is 1. The molecule has 1 aromatic heterocycles. The molecule has 0 atom stereocenters. The zero-order chi connectivity index (χ0) is 14.9. The SMILES string of the molecule is Cl.Cl.NCC1(COc2cnc(Cl)c(-c3ccc(N)cc3)c2)CC1. The van der Waals surface area contributed by atoms with E-state index in [9.17, 15) is 0 Å². The second-order valence-corrected chi connectivity index (χ2v) is 5.98. The fraction of sp³-hybridized carbons (Fsp3) is 0.312. The van der Waals surface area contributed by atoms with Crippen LogP contribution in [0.1, 0.15) is 12.8 Å². The van der Waals surface area contributed by atoms with Crippen LogP contribution in [0.15, 0.2) is 36.5 Å². The molecular weight excluding hydrogens is 357 g/mol. The first-order valence-corrected chi connectivity index (χ1v) is 7.34. The van der Waals surface area contributed by atoms with Gasteiger partial charge in [-0.1, -0.05) is 23.7 Å². The van der Waals surface area contributed by atoms with Crippen molar-refractivity contribution in [3.05, 3.63) is 41.7 Å². The summed E-state index contributed by atoms with van der Waals surface area (Å²) in [5.41, 5.74) is 14.2. The lowest BCUT2D eigenvalue weighted by atomic mass is 10.1. The van der Waals surface area contributed by atoms with Crippen LogP contribution in [-0.4, -0.2) is 18.1 Å². The van der Waals surface area contributed by atoms with Crippen molar-refractivity contribution in [1.82, 2.24) is 4.98 Å². The number of hydrogen-bond acceptors (Lipinski definition) is 4. The van der Waals surface area contributed by atoms with Gasteiger partial charge in [-0.2, -0.15) is 0 Å². The molecule has 2 aromatic rings. The van der Waals surface area contributed by atoms with E-state index < -0.39 is 0 Å². The van der Waals surface area contributed by atoms with Crippen LogP contribution in [0, 0.1) is 5.41 Å². The highest BCUT2D eigenvalue weighted by Crippen LogP contribution is 2.44. The van der Waals surface area contributed by atoms with Crippen LogP contribution in [0.4, 0.5) is 5.69 Å². The number of aromatic nitrogens is 1. The van der Waals surface area contributed by atoms with Crippen molar-refractivity contribution in [2.75, 3.05) is 18.9 Å². The lowest BCUT2D eigenvalue weighted by Gasteiger charge is -2.14. The highest BCUT2D eigenvalue weighted by molar-refractivity contribution is 6.32. The summed E-state index contributed by atoms with van der Waals surface area (Å²) in [7, 11) is 0. The Kier molecular flexibility index (Phi) is 6.96. The van der Waals surface area contributed by atoms with Gasteiger partial charge >= 0.3 is 0 Å². The molecule has 1 aromatic carbocycles. The standard InChI is InChI=1S/C16H18ClN3O.2ClH/c17-15-14(11-1-3-12(19)4-2-11)7-13(8-20-15)21-10-16(9-18)5-6-16;;/h1-4,7-8H,5-6,9-10,18-19H2;2*1H. The van der Waals surface area contributed by atoms with Gasteiger partial charge < -0.3 is 16.2 Å². The lowest BCUT2D eigenvalue weighted by molar-refractivity contribution is 0.238. The van der Waals surface area contributed by atoms with E-state index in [0.29, 0.717) is 29.7 Å². The van der Waals surface area contributed by atoms with Crippen molar-refractivity contribution in [2.24, 2.45) is 11.1 Å². The fourth-order valence-corrected chi connectivity index (χ4v) is 2.41. The minimum atomic E-state index is 0. The van der Waals surface area contributed by atoms with Gasteiger partial charge in [-0.3, -0.25) is 0 Å². The number of nitrogen functional groups attached to an aromatic ring is 1. The van der Waals surface area contributed by atoms with E-state index in [0.717, 1.165) is 24.0 Å². The predicted octanol–water partition coefficient (Wildman–Crippen LogP) is 3.95. The number of rotatable bonds is 5. The minimum Gasteiger partial charge on any atom is -0.491 e. The summed E-state index contributed by atoms with van der Waals surface area (Å²) in [6.45, 7) is 1.30. The number of hydrogen-bond donors (Lipinski definition) is 2. The van der Waals surface area contributed by atoms with Crippen LogP contribution in [0.5, 0.6) is 5.75 Å². The average molecular weight is 377 g/mol. The molecule has 1 fully saturated rings. The van der Waals surface area contributed by atoms with E-state index in [1.807, 2.05) is 30.3 Å². The zero-order valence-electron chi connectivity index (χ0n) is 12.5. The molecule has 0 amide bonds. The molecule has 4 nitrogen and oxygen atoms in total. The monoisotopic (exact) mass is 375 g/mol. The maximum absolute atomic E-state index is 6.18. The summed E-state index contributed by atoms with van der Waals surface area (Å²) >= 11 is 6.18. The van der Waals surface area contributed by atoms with Gasteiger partial charge in [0.15, 0.2) is 0 Å². The Labute approximate surface area is 153 Å². The smallest absolute Gasteiger partial charge is 0.138 e. The summed E-state index contributed by atoms with van der Waals surface area (Å²) in [5.74, 6) is 0.714. The number of halogens is 3. The zero-order valence-corrected chi connectivity index (χ0v) is 14.9. The molecule has 3 rings (SSSR count). The van der Waals surface area contributed by atoms with E-state index in [-0.39, 0.29) is 30.2 Å². The number of benzene rings is 1. The molecule has 1 heterocycles. The Bertz CT molecular complexity index is 646. The number of pyridine rings is 1. The molecule has 23 heavy (non-hydrogen) atoms. The largest absolute Gasteiger partial charge is 0.491 e. The molecule has 1 saturated carbocycles. The molecule has 7 heteroatoms. The van der Waals surface area contributed by atoms with Crippen molar-refractivity contribution in [3.63, 3.8) is 0 Å². The number of anilines is 1. The lowest BCUT2D eigenvalue weighted by Crippen LogP contribution is -2.22. The van der Waals surface area contributed by atoms with Crippen LogP contribution in [0.2, 0.25) is 5.15 Å². The Balaban J connectivity index is 0.00000132. The van der Waals surface area contributed by atoms with E-state index >= 15 is 0 Å². The van der Waals surface area contributed by atoms with Gasteiger partial charge in [0.25, 0.3) is 0 Å². The molecule has 1 aliphatic rings. The molecule has 4 N–H and O–H groups in total. The molecular formula is C16H20Cl3N3O.